The van der Waals surface area contributed by atoms with Crippen LogP contribution in [0.4, 0.5) is 8.78 Å². The summed E-state index contributed by atoms with van der Waals surface area (Å²) in [7, 11) is 0. The fourth-order valence-electron chi connectivity index (χ4n) is 2.89. The van der Waals surface area contributed by atoms with Gasteiger partial charge in [-0.2, -0.15) is 0 Å². The number of hydrogen-bond acceptors (Lipinski definition) is 3. The van der Waals surface area contributed by atoms with Crippen LogP contribution in [0.2, 0.25) is 0 Å². The van der Waals surface area contributed by atoms with Crippen molar-refractivity contribution in [2.45, 2.75) is 25.2 Å². The van der Waals surface area contributed by atoms with Gasteiger partial charge in [-0.3, -0.25) is 4.79 Å². The van der Waals surface area contributed by atoms with Crippen molar-refractivity contribution >= 4 is 5.91 Å². The minimum Gasteiger partial charge on any atom is -0.472 e. The van der Waals surface area contributed by atoms with E-state index in [1.54, 1.807) is 6.07 Å². The van der Waals surface area contributed by atoms with Gasteiger partial charge in [0.25, 0.3) is 11.8 Å². The van der Waals surface area contributed by atoms with Crippen molar-refractivity contribution in [3.63, 3.8) is 0 Å². The molecule has 4 nitrogen and oxygen atoms in total. The SMILES string of the molecule is O=C(c1ccoc1)N1CCCN(CCC2CC2(F)F)CC1. The molecule has 1 atom stereocenters. The molecule has 3 rings (SSSR count). The molecule has 2 heterocycles. The Labute approximate surface area is 122 Å². The van der Waals surface area contributed by atoms with Crippen LogP contribution >= 0.6 is 0 Å². The van der Waals surface area contributed by atoms with Crippen LogP contribution in [0.1, 0.15) is 29.6 Å². The van der Waals surface area contributed by atoms with Crippen LogP contribution in [-0.4, -0.2) is 54.4 Å². The first-order valence-electron chi connectivity index (χ1n) is 7.48. The van der Waals surface area contributed by atoms with Gasteiger partial charge in [0, 0.05) is 32.0 Å². The summed E-state index contributed by atoms with van der Waals surface area (Å²) in [4.78, 5) is 16.2. The highest BCUT2D eigenvalue weighted by atomic mass is 19.3. The van der Waals surface area contributed by atoms with Gasteiger partial charge in [-0.1, -0.05) is 0 Å². The molecule has 1 amide bonds. The smallest absolute Gasteiger partial charge is 0.257 e. The van der Waals surface area contributed by atoms with Gasteiger partial charge in [-0.25, -0.2) is 8.78 Å². The molecule has 0 radical (unpaired) electrons. The van der Waals surface area contributed by atoms with Crippen molar-refractivity contribution in [3.8, 4) is 0 Å². The topological polar surface area (TPSA) is 36.7 Å². The van der Waals surface area contributed by atoms with Crippen molar-refractivity contribution in [1.29, 1.82) is 0 Å². The highest BCUT2D eigenvalue weighted by molar-refractivity contribution is 5.93. The van der Waals surface area contributed by atoms with Gasteiger partial charge in [0.15, 0.2) is 0 Å². The number of furan rings is 1. The van der Waals surface area contributed by atoms with Crippen molar-refractivity contribution in [3.05, 3.63) is 24.2 Å². The maximum Gasteiger partial charge on any atom is 0.257 e. The molecule has 6 heteroatoms. The van der Waals surface area contributed by atoms with E-state index >= 15 is 0 Å². The molecule has 2 aliphatic rings. The van der Waals surface area contributed by atoms with E-state index in [4.69, 9.17) is 4.42 Å². The van der Waals surface area contributed by atoms with Crippen LogP contribution in [0.25, 0.3) is 0 Å². The van der Waals surface area contributed by atoms with Crippen LogP contribution in [0.5, 0.6) is 0 Å². The van der Waals surface area contributed by atoms with E-state index in [-0.39, 0.29) is 12.3 Å². The molecule has 1 aromatic heterocycles. The number of halogens is 2. The number of hydrogen-bond donors (Lipinski definition) is 0. The van der Waals surface area contributed by atoms with E-state index in [1.807, 2.05) is 4.90 Å². The lowest BCUT2D eigenvalue weighted by Gasteiger charge is -2.21. The Balaban J connectivity index is 1.47. The fraction of sp³-hybridized carbons (Fsp3) is 0.667. The van der Waals surface area contributed by atoms with E-state index in [2.05, 4.69) is 4.90 Å². The van der Waals surface area contributed by atoms with Gasteiger partial charge in [0.05, 0.1) is 11.8 Å². The van der Waals surface area contributed by atoms with Gasteiger partial charge in [-0.05, 0) is 32.0 Å². The van der Waals surface area contributed by atoms with Crippen LogP contribution in [-0.2, 0) is 0 Å². The molecular formula is C15H20F2N2O2. The Hall–Kier alpha value is -1.43. The van der Waals surface area contributed by atoms with Crippen LogP contribution < -0.4 is 0 Å². The Bertz CT molecular complexity index is 490. The normalized spacial score (nSPS) is 25.6. The molecule has 1 unspecified atom stereocenters. The van der Waals surface area contributed by atoms with Crippen molar-refractivity contribution in [1.82, 2.24) is 9.80 Å². The molecule has 21 heavy (non-hydrogen) atoms. The first-order valence-corrected chi connectivity index (χ1v) is 7.48. The standard InChI is InChI=1S/C15H20F2N2O2/c16-15(17)10-13(15)2-6-18-4-1-5-19(8-7-18)14(20)12-3-9-21-11-12/h3,9,11,13H,1-2,4-8,10H2. The fourth-order valence-corrected chi connectivity index (χ4v) is 2.89. The molecule has 1 aliphatic heterocycles. The molecule has 0 bridgehead atoms. The molecule has 2 fully saturated rings. The van der Waals surface area contributed by atoms with Gasteiger partial charge in [0.1, 0.15) is 6.26 Å². The average Bonchev–Trinajstić information content (AvgIpc) is 2.84. The predicted molar refractivity (Wildman–Crippen MR) is 73.3 cm³/mol. The van der Waals surface area contributed by atoms with E-state index in [0.29, 0.717) is 31.6 Å². The summed E-state index contributed by atoms with van der Waals surface area (Å²) in [5.41, 5.74) is 0.570. The maximum atomic E-state index is 12.9. The van der Waals surface area contributed by atoms with Crippen molar-refractivity contribution in [2.75, 3.05) is 32.7 Å². The van der Waals surface area contributed by atoms with Crippen LogP contribution in [0, 0.1) is 5.92 Å². The summed E-state index contributed by atoms with van der Waals surface area (Å²) in [5, 5.41) is 0. The molecule has 0 N–H and O–H groups in total. The summed E-state index contributed by atoms with van der Waals surface area (Å²) in [5.74, 6) is -2.86. The highest BCUT2D eigenvalue weighted by Gasteiger charge is 2.56. The Morgan fingerprint density at radius 3 is 2.81 bits per heavy atom. The number of carbonyl (C=O) groups is 1. The number of rotatable bonds is 4. The number of nitrogens with zero attached hydrogens (tertiary/aromatic N) is 2. The Morgan fingerprint density at radius 1 is 1.33 bits per heavy atom. The van der Waals surface area contributed by atoms with E-state index in [1.165, 1.54) is 12.5 Å². The zero-order valence-electron chi connectivity index (χ0n) is 11.9. The largest absolute Gasteiger partial charge is 0.472 e. The zero-order valence-corrected chi connectivity index (χ0v) is 11.9. The summed E-state index contributed by atoms with van der Waals surface area (Å²) in [6.45, 7) is 3.68. The first-order chi connectivity index (χ1) is 10.1. The summed E-state index contributed by atoms with van der Waals surface area (Å²) in [6.07, 6.45) is 4.44. The minimum absolute atomic E-state index is 0.0145. The quantitative estimate of drug-likeness (QED) is 0.857. The third-order valence-corrected chi connectivity index (χ3v) is 4.39. The molecular weight excluding hydrogens is 278 g/mol. The lowest BCUT2D eigenvalue weighted by atomic mass is 10.2. The lowest BCUT2D eigenvalue weighted by molar-refractivity contribution is 0.0760. The van der Waals surface area contributed by atoms with E-state index < -0.39 is 11.8 Å². The van der Waals surface area contributed by atoms with Crippen LogP contribution in [0.15, 0.2) is 23.0 Å². The van der Waals surface area contributed by atoms with E-state index in [0.717, 1.165) is 19.5 Å². The summed E-state index contributed by atoms with van der Waals surface area (Å²) < 4.78 is 30.7. The number of carbonyl (C=O) groups excluding carboxylic acids is 1. The first kappa shape index (κ1) is 14.5. The molecule has 1 aliphatic carbocycles. The second-order valence-electron chi connectivity index (χ2n) is 5.95. The summed E-state index contributed by atoms with van der Waals surface area (Å²) >= 11 is 0. The Morgan fingerprint density at radius 2 is 2.14 bits per heavy atom. The molecule has 0 aromatic carbocycles. The Kier molecular flexibility index (Phi) is 3.97. The third-order valence-electron chi connectivity index (χ3n) is 4.39. The maximum absolute atomic E-state index is 12.9. The second kappa shape index (κ2) is 5.75. The van der Waals surface area contributed by atoms with Gasteiger partial charge in [-0.15, -0.1) is 0 Å². The molecule has 1 saturated carbocycles. The minimum atomic E-state index is -2.42. The average molecular weight is 298 g/mol. The van der Waals surface area contributed by atoms with Crippen molar-refractivity contribution in [2.24, 2.45) is 5.92 Å². The number of alkyl halides is 2. The van der Waals surface area contributed by atoms with Gasteiger partial charge in [0.2, 0.25) is 0 Å². The monoisotopic (exact) mass is 298 g/mol. The molecule has 1 aromatic rings. The predicted octanol–water partition coefficient (Wildman–Crippen LogP) is 2.47. The lowest BCUT2D eigenvalue weighted by Crippen LogP contribution is -2.35. The third kappa shape index (κ3) is 3.43. The van der Waals surface area contributed by atoms with Crippen LogP contribution in [0.3, 0.4) is 0 Å². The summed E-state index contributed by atoms with van der Waals surface area (Å²) in [6, 6.07) is 1.67. The number of amides is 1. The van der Waals surface area contributed by atoms with E-state index in [9.17, 15) is 13.6 Å². The highest BCUT2D eigenvalue weighted by Crippen LogP contribution is 2.50. The second-order valence-corrected chi connectivity index (χ2v) is 5.95. The molecule has 116 valence electrons. The molecule has 1 saturated heterocycles. The van der Waals surface area contributed by atoms with Gasteiger partial charge >= 0.3 is 0 Å². The van der Waals surface area contributed by atoms with Gasteiger partial charge < -0.3 is 14.2 Å². The zero-order chi connectivity index (χ0) is 14.9. The van der Waals surface area contributed by atoms with Crippen molar-refractivity contribution < 1.29 is 18.0 Å². The molecule has 0 spiro atoms.